The van der Waals surface area contributed by atoms with E-state index in [1.807, 2.05) is 0 Å². The lowest BCUT2D eigenvalue weighted by Crippen LogP contribution is -2.36. The molecule has 0 bridgehead atoms. The molecular formula is C14H17N3O4. The van der Waals surface area contributed by atoms with Crippen molar-refractivity contribution in [3.8, 4) is 0 Å². The minimum atomic E-state index is -1.04. The van der Waals surface area contributed by atoms with Gasteiger partial charge in [-0.2, -0.15) is 0 Å². The van der Waals surface area contributed by atoms with E-state index >= 15 is 0 Å². The molecule has 0 spiro atoms. The number of aliphatic carboxylic acids is 1. The maximum Gasteiger partial charge on any atom is 0.328 e. The third-order valence-electron chi connectivity index (χ3n) is 2.35. The van der Waals surface area contributed by atoms with Gasteiger partial charge in [0.2, 0.25) is 5.91 Å². The van der Waals surface area contributed by atoms with Gasteiger partial charge in [0.25, 0.3) is 0 Å². The van der Waals surface area contributed by atoms with Crippen molar-refractivity contribution in [3.05, 3.63) is 35.9 Å². The molecule has 7 heteroatoms. The molecule has 0 aromatic heterocycles. The highest BCUT2D eigenvalue weighted by molar-refractivity contribution is 5.90. The van der Waals surface area contributed by atoms with Gasteiger partial charge in [-0.25, -0.2) is 9.59 Å². The van der Waals surface area contributed by atoms with Gasteiger partial charge in [0.1, 0.15) is 0 Å². The second-order valence-corrected chi connectivity index (χ2v) is 4.16. The predicted molar refractivity (Wildman–Crippen MR) is 78.8 cm³/mol. The van der Waals surface area contributed by atoms with Crippen LogP contribution < -0.4 is 16.0 Å². The largest absolute Gasteiger partial charge is 0.478 e. The summed E-state index contributed by atoms with van der Waals surface area (Å²) in [5, 5.41) is 16.3. The van der Waals surface area contributed by atoms with Gasteiger partial charge in [0.05, 0.1) is 0 Å². The highest BCUT2D eigenvalue weighted by Gasteiger charge is 2.01. The molecule has 0 aliphatic heterocycles. The summed E-state index contributed by atoms with van der Waals surface area (Å²) in [7, 11) is 0. The van der Waals surface area contributed by atoms with Gasteiger partial charge in [-0.05, 0) is 23.8 Å². The smallest absolute Gasteiger partial charge is 0.328 e. The first-order chi connectivity index (χ1) is 9.97. The number of amides is 3. The first-order valence-electron chi connectivity index (χ1n) is 6.28. The molecule has 21 heavy (non-hydrogen) atoms. The van der Waals surface area contributed by atoms with Crippen molar-refractivity contribution in [1.29, 1.82) is 0 Å². The fraction of sp³-hybridized carbons (Fsp3) is 0.214. The Hall–Kier alpha value is -2.83. The van der Waals surface area contributed by atoms with Crippen molar-refractivity contribution in [3.63, 3.8) is 0 Å². The van der Waals surface area contributed by atoms with Gasteiger partial charge in [-0.3, -0.25) is 4.79 Å². The quantitative estimate of drug-likeness (QED) is 0.464. The van der Waals surface area contributed by atoms with Crippen LogP contribution in [-0.4, -0.2) is 36.1 Å². The molecule has 0 radical (unpaired) electrons. The minimum Gasteiger partial charge on any atom is -0.478 e. The zero-order chi connectivity index (χ0) is 15.7. The van der Waals surface area contributed by atoms with E-state index in [1.54, 1.807) is 24.3 Å². The van der Waals surface area contributed by atoms with Gasteiger partial charge in [0, 0.05) is 31.8 Å². The van der Waals surface area contributed by atoms with Crippen LogP contribution in [-0.2, 0) is 9.59 Å². The van der Waals surface area contributed by atoms with E-state index in [0.29, 0.717) is 24.3 Å². The van der Waals surface area contributed by atoms with Crippen molar-refractivity contribution >= 4 is 29.7 Å². The molecule has 112 valence electrons. The second kappa shape index (κ2) is 8.36. The van der Waals surface area contributed by atoms with Crippen LogP contribution >= 0.6 is 0 Å². The zero-order valence-electron chi connectivity index (χ0n) is 11.6. The Labute approximate surface area is 122 Å². The maximum atomic E-state index is 11.6. The van der Waals surface area contributed by atoms with Gasteiger partial charge in [-0.1, -0.05) is 12.1 Å². The van der Waals surface area contributed by atoms with Gasteiger partial charge < -0.3 is 21.1 Å². The standard InChI is InChI=1S/C14H17N3O4/c1-10(18)15-7-8-16-14(21)17-12-4-2-3-11(9-12)5-6-13(19)20/h2-6,9H,7-8H2,1H3,(H,15,18)(H,19,20)(H2,16,17,21)/b6-5+. The highest BCUT2D eigenvalue weighted by Crippen LogP contribution is 2.11. The van der Waals surface area contributed by atoms with E-state index in [2.05, 4.69) is 16.0 Å². The molecule has 1 rings (SSSR count). The van der Waals surface area contributed by atoms with Crippen LogP contribution in [0.4, 0.5) is 10.5 Å². The molecule has 0 saturated heterocycles. The number of carbonyl (C=O) groups is 3. The molecule has 7 nitrogen and oxygen atoms in total. The summed E-state index contributed by atoms with van der Waals surface area (Å²) in [6, 6.07) is 6.35. The summed E-state index contributed by atoms with van der Waals surface area (Å²) in [6.45, 7) is 2.06. The summed E-state index contributed by atoms with van der Waals surface area (Å²) < 4.78 is 0. The second-order valence-electron chi connectivity index (χ2n) is 4.16. The fourth-order valence-corrected chi connectivity index (χ4v) is 1.48. The molecule has 1 aromatic rings. The van der Waals surface area contributed by atoms with Crippen molar-refractivity contribution in [2.45, 2.75) is 6.92 Å². The number of hydrogen-bond acceptors (Lipinski definition) is 3. The summed E-state index contributed by atoms with van der Waals surface area (Å²) in [6.07, 6.45) is 2.45. The van der Waals surface area contributed by atoms with Crippen molar-refractivity contribution < 1.29 is 19.5 Å². The van der Waals surface area contributed by atoms with Crippen molar-refractivity contribution in [2.75, 3.05) is 18.4 Å². The van der Waals surface area contributed by atoms with Gasteiger partial charge >= 0.3 is 12.0 Å². The lowest BCUT2D eigenvalue weighted by Gasteiger charge is -2.08. The van der Waals surface area contributed by atoms with E-state index in [-0.39, 0.29) is 5.91 Å². The third kappa shape index (κ3) is 7.36. The Morgan fingerprint density at radius 1 is 1.19 bits per heavy atom. The molecule has 0 aliphatic carbocycles. The Morgan fingerprint density at radius 3 is 2.57 bits per heavy atom. The number of carbonyl (C=O) groups excluding carboxylic acids is 2. The fourth-order valence-electron chi connectivity index (χ4n) is 1.48. The first kappa shape index (κ1) is 16.2. The lowest BCUT2D eigenvalue weighted by atomic mass is 10.2. The number of carboxylic acids is 1. The molecule has 0 saturated carbocycles. The number of rotatable bonds is 6. The van der Waals surface area contributed by atoms with Crippen molar-refractivity contribution in [2.24, 2.45) is 0 Å². The van der Waals surface area contributed by atoms with E-state index in [1.165, 1.54) is 13.0 Å². The molecule has 0 aliphatic rings. The maximum absolute atomic E-state index is 11.6. The lowest BCUT2D eigenvalue weighted by molar-refractivity contribution is -0.131. The number of carboxylic acid groups (broad SMARTS) is 1. The normalized spacial score (nSPS) is 10.1. The van der Waals surface area contributed by atoms with E-state index in [0.717, 1.165) is 6.08 Å². The minimum absolute atomic E-state index is 0.157. The summed E-state index contributed by atoms with van der Waals surface area (Å²) in [4.78, 5) is 32.7. The van der Waals surface area contributed by atoms with E-state index in [9.17, 15) is 14.4 Å². The topological polar surface area (TPSA) is 108 Å². The predicted octanol–water partition coefficient (Wildman–Crippen LogP) is 1.04. The summed E-state index contributed by atoms with van der Waals surface area (Å²) in [5.74, 6) is -1.20. The number of hydrogen-bond donors (Lipinski definition) is 4. The summed E-state index contributed by atoms with van der Waals surface area (Å²) >= 11 is 0. The van der Waals surface area contributed by atoms with Gasteiger partial charge in [-0.15, -0.1) is 0 Å². The Kier molecular flexibility index (Phi) is 6.46. The molecular weight excluding hydrogens is 274 g/mol. The molecule has 3 amide bonds. The van der Waals surface area contributed by atoms with Crippen LogP contribution in [0, 0.1) is 0 Å². The molecule has 0 atom stereocenters. The molecule has 1 aromatic carbocycles. The number of urea groups is 1. The monoisotopic (exact) mass is 291 g/mol. The van der Waals surface area contributed by atoms with Crippen LogP contribution in [0.15, 0.2) is 30.3 Å². The molecule has 0 fully saturated rings. The Bertz CT molecular complexity index is 555. The molecule has 0 unspecified atom stereocenters. The van der Waals surface area contributed by atoms with Crippen LogP contribution in [0.2, 0.25) is 0 Å². The molecule has 4 N–H and O–H groups in total. The SMILES string of the molecule is CC(=O)NCCNC(=O)Nc1cccc(/C=C/C(=O)O)c1. The van der Waals surface area contributed by atoms with E-state index in [4.69, 9.17) is 5.11 Å². The van der Waals surface area contributed by atoms with Crippen LogP contribution in [0.25, 0.3) is 6.08 Å². The highest BCUT2D eigenvalue weighted by atomic mass is 16.4. The Balaban J connectivity index is 2.47. The average Bonchev–Trinajstić information content (AvgIpc) is 2.41. The Morgan fingerprint density at radius 2 is 1.90 bits per heavy atom. The number of benzene rings is 1. The molecule has 0 heterocycles. The average molecular weight is 291 g/mol. The first-order valence-corrected chi connectivity index (χ1v) is 6.28. The number of anilines is 1. The summed E-state index contributed by atoms with van der Waals surface area (Å²) in [5.41, 5.74) is 1.20. The van der Waals surface area contributed by atoms with Gasteiger partial charge in [0.15, 0.2) is 0 Å². The van der Waals surface area contributed by atoms with Crippen molar-refractivity contribution in [1.82, 2.24) is 10.6 Å². The number of nitrogens with one attached hydrogen (secondary N) is 3. The zero-order valence-corrected chi connectivity index (χ0v) is 11.6. The van der Waals surface area contributed by atoms with Crippen LogP contribution in [0.5, 0.6) is 0 Å². The van der Waals surface area contributed by atoms with Crippen LogP contribution in [0.3, 0.4) is 0 Å². The van der Waals surface area contributed by atoms with E-state index < -0.39 is 12.0 Å². The third-order valence-corrected chi connectivity index (χ3v) is 2.35. The van der Waals surface area contributed by atoms with Crippen LogP contribution in [0.1, 0.15) is 12.5 Å².